The molecule has 0 spiro atoms. The monoisotopic (exact) mass is 116 g/mol. The van der Waals surface area contributed by atoms with Crippen molar-refractivity contribution in [2.24, 2.45) is 4.99 Å². The first-order chi connectivity index (χ1) is 3.71. The Hall–Kier alpha value is -0.600. The highest BCUT2D eigenvalue weighted by atomic mass is 19.1. The van der Waals surface area contributed by atoms with E-state index in [1.807, 2.05) is 0 Å². The van der Waals surface area contributed by atoms with Gasteiger partial charge in [0, 0.05) is 0 Å². The van der Waals surface area contributed by atoms with E-state index in [9.17, 15) is 4.39 Å². The molecule has 0 aliphatic carbocycles. The average molecular weight is 116 g/mol. The number of aliphatic imine (C=N–C) groups is 1. The highest BCUT2D eigenvalue weighted by molar-refractivity contribution is 5.55. The van der Waals surface area contributed by atoms with Crippen molar-refractivity contribution in [1.82, 2.24) is 5.32 Å². The molecule has 8 heavy (non-hydrogen) atoms. The van der Waals surface area contributed by atoms with Gasteiger partial charge < -0.3 is 5.32 Å². The summed E-state index contributed by atoms with van der Waals surface area (Å²) in [6.45, 7) is 2.22. The fourth-order valence-corrected chi connectivity index (χ4v) is 0.615. The van der Waals surface area contributed by atoms with Gasteiger partial charge in [0.2, 0.25) is 0 Å². The van der Waals surface area contributed by atoms with E-state index in [2.05, 4.69) is 10.3 Å². The molecule has 0 amide bonds. The predicted molar refractivity (Wildman–Crippen MR) is 30.9 cm³/mol. The molecule has 1 unspecified atom stereocenters. The Morgan fingerprint density at radius 3 is 2.88 bits per heavy atom. The molecule has 0 bridgehead atoms. The van der Waals surface area contributed by atoms with E-state index in [1.165, 1.54) is 6.92 Å². The molecule has 0 aromatic rings. The highest BCUT2D eigenvalue weighted by Crippen LogP contribution is 2.09. The van der Waals surface area contributed by atoms with Crippen LogP contribution in [0.25, 0.3) is 0 Å². The topological polar surface area (TPSA) is 24.4 Å². The molecule has 1 rings (SSSR count). The van der Waals surface area contributed by atoms with Crippen LogP contribution in [0.3, 0.4) is 0 Å². The fraction of sp³-hybridized carbons (Fsp3) is 0.800. The lowest BCUT2D eigenvalue weighted by molar-refractivity contribution is 0.198. The molecule has 1 atom stereocenters. The summed E-state index contributed by atoms with van der Waals surface area (Å²) < 4.78 is 12.7. The first kappa shape index (κ1) is 5.54. The molecule has 1 N–H and O–H groups in total. The van der Waals surface area contributed by atoms with Gasteiger partial charge in [-0.05, 0) is 6.92 Å². The zero-order valence-corrected chi connectivity index (χ0v) is 4.82. The molecule has 1 aliphatic heterocycles. The Morgan fingerprint density at radius 2 is 2.62 bits per heavy atom. The smallest absolute Gasteiger partial charge is 0.144 e. The van der Waals surface area contributed by atoms with Crippen LogP contribution in [0.4, 0.5) is 4.39 Å². The largest absolute Gasteiger partial charge is 0.373 e. The van der Waals surface area contributed by atoms with Gasteiger partial charge in [-0.15, -0.1) is 0 Å². The third kappa shape index (κ3) is 1.18. The Morgan fingerprint density at radius 1 is 1.88 bits per heavy atom. The Labute approximate surface area is 47.8 Å². The lowest BCUT2D eigenvalue weighted by Gasteiger charge is -2.20. The first-order valence-electron chi connectivity index (χ1n) is 2.61. The maximum atomic E-state index is 12.7. The third-order valence-corrected chi connectivity index (χ3v) is 1.07. The van der Waals surface area contributed by atoms with E-state index in [4.69, 9.17) is 0 Å². The summed E-state index contributed by atoms with van der Waals surface area (Å²) in [5, 5.41) is 2.71. The molecule has 1 heterocycles. The molecule has 2 nitrogen and oxygen atoms in total. The van der Waals surface area contributed by atoms with Crippen molar-refractivity contribution in [3.05, 3.63) is 0 Å². The van der Waals surface area contributed by atoms with Crippen molar-refractivity contribution in [2.75, 3.05) is 13.1 Å². The van der Waals surface area contributed by atoms with E-state index < -0.39 is 5.67 Å². The molecule has 0 saturated carbocycles. The van der Waals surface area contributed by atoms with Crippen LogP contribution in [-0.2, 0) is 0 Å². The predicted octanol–water partition coefficient (Wildman–Crippen LogP) is 0.346. The molecule has 0 radical (unpaired) electrons. The number of nitrogens with zero attached hydrogens (tertiary/aromatic N) is 1. The number of alkyl halides is 1. The van der Waals surface area contributed by atoms with Crippen LogP contribution in [0, 0.1) is 0 Å². The standard InChI is InChI=1S/C5H9FN2/c1-5(6)2-7-4-8-3-5/h4H,2-3H2,1H3,(H,7,8). The fourth-order valence-electron chi connectivity index (χ4n) is 0.615. The molecule has 0 saturated heterocycles. The van der Waals surface area contributed by atoms with Crippen LogP contribution in [0.2, 0.25) is 0 Å². The Balaban J connectivity index is 2.50. The molecule has 0 aromatic carbocycles. The van der Waals surface area contributed by atoms with Gasteiger partial charge >= 0.3 is 0 Å². The number of hydrogen-bond donors (Lipinski definition) is 1. The van der Waals surface area contributed by atoms with Gasteiger partial charge in [-0.2, -0.15) is 0 Å². The van der Waals surface area contributed by atoms with E-state index in [0.29, 0.717) is 13.1 Å². The molecule has 0 fully saturated rings. The summed E-state index contributed by atoms with van der Waals surface area (Å²) in [7, 11) is 0. The lowest BCUT2D eigenvalue weighted by Crippen LogP contribution is -2.39. The van der Waals surface area contributed by atoms with Crippen molar-refractivity contribution >= 4 is 6.34 Å². The zero-order valence-electron chi connectivity index (χ0n) is 4.82. The van der Waals surface area contributed by atoms with Crippen molar-refractivity contribution < 1.29 is 4.39 Å². The van der Waals surface area contributed by atoms with Crippen LogP contribution >= 0.6 is 0 Å². The average Bonchev–Trinajstić information content (AvgIpc) is 1.65. The third-order valence-electron chi connectivity index (χ3n) is 1.07. The summed E-state index contributed by atoms with van der Waals surface area (Å²) >= 11 is 0. The minimum absolute atomic E-state index is 0.292. The normalized spacial score (nSPS) is 36.8. The van der Waals surface area contributed by atoms with Crippen molar-refractivity contribution in [3.8, 4) is 0 Å². The second-order valence-corrected chi connectivity index (χ2v) is 2.26. The lowest BCUT2D eigenvalue weighted by atomic mass is 10.1. The van der Waals surface area contributed by atoms with Crippen LogP contribution in [0.15, 0.2) is 4.99 Å². The van der Waals surface area contributed by atoms with Crippen LogP contribution in [-0.4, -0.2) is 25.1 Å². The Kier molecular flexibility index (Phi) is 1.19. The Bertz CT molecular complexity index is 109. The van der Waals surface area contributed by atoms with Crippen molar-refractivity contribution in [3.63, 3.8) is 0 Å². The van der Waals surface area contributed by atoms with Gasteiger partial charge in [0.05, 0.1) is 19.4 Å². The van der Waals surface area contributed by atoms with E-state index in [-0.39, 0.29) is 0 Å². The molecule has 1 aliphatic rings. The quantitative estimate of drug-likeness (QED) is 0.485. The number of rotatable bonds is 0. The summed E-state index contributed by atoms with van der Waals surface area (Å²) in [5.41, 5.74) is -1.13. The number of hydrogen-bond acceptors (Lipinski definition) is 2. The SMILES string of the molecule is CC1(F)CN=CNC1. The zero-order chi connectivity index (χ0) is 6.04. The van der Waals surface area contributed by atoms with Crippen LogP contribution in [0.1, 0.15) is 6.92 Å². The molecular formula is C5H9FN2. The molecule has 0 aromatic heterocycles. The minimum Gasteiger partial charge on any atom is -0.373 e. The van der Waals surface area contributed by atoms with Crippen LogP contribution in [0.5, 0.6) is 0 Å². The second-order valence-electron chi connectivity index (χ2n) is 2.26. The summed E-state index contributed by atoms with van der Waals surface area (Å²) in [5.74, 6) is 0. The van der Waals surface area contributed by atoms with Gasteiger partial charge in [0.1, 0.15) is 5.67 Å². The highest BCUT2D eigenvalue weighted by Gasteiger charge is 2.23. The van der Waals surface area contributed by atoms with Gasteiger partial charge in [0.15, 0.2) is 0 Å². The second kappa shape index (κ2) is 1.73. The van der Waals surface area contributed by atoms with Crippen molar-refractivity contribution in [2.45, 2.75) is 12.6 Å². The summed E-state index contributed by atoms with van der Waals surface area (Å²) in [6, 6.07) is 0. The maximum Gasteiger partial charge on any atom is 0.144 e. The van der Waals surface area contributed by atoms with Crippen LogP contribution < -0.4 is 5.32 Å². The van der Waals surface area contributed by atoms with E-state index in [1.54, 1.807) is 6.34 Å². The van der Waals surface area contributed by atoms with Gasteiger partial charge in [0.25, 0.3) is 0 Å². The molecule has 46 valence electrons. The number of halogens is 1. The van der Waals surface area contributed by atoms with Crippen molar-refractivity contribution in [1.29, 1.82) is 0 Å². The van der Waals surface area contributed by atoms with E-state index >= 15 is 0 Å². The van der Waals surface area contributed by atoms with Gasteiger partial charge in [-0.25, -0.2) is 4.39 Å². The van der Waals surface area contributed by atoms with Gasteiger partial charge in [-0.3, -0.25) is 4.99 Å². The molecular weight excluding hydrogens is 107 g/mol. The first-order valence-corrected chi connectivity index (χ1v) is 2.61. The minimum atomic E-state index is -1.13. The van der Waals surface area contributed by atoms with Gasteiger partial charge in [-0.1, -0.05) is 0 Å². The number of nitrogens with one attached hydrogen (secondary N) is 1. The maximum absolute atomic E-state index is 12.7. The van der Waals surface area contributed by atoms with E-state index in [0.717, 1.165) is 0 Å². The summed E-state index contributed by atoms with van der Waals surface area (Å²) in [4.78, 5) is 3.72. The summed E-state index contributed by atoms with van der Waals surface area (Å²) in [6.07, 6.45) is 1.54. The molecule has 3 heteroatoms.